The molecule has 1 aromatic carbocycles. The first-order valence-corrected chi connectivity index (χ1v) is 5.20. The lowest BCUT2D eigenvalue weighted by atomic mass is 10.2. The molecule has 1 aromatic rings. The molecule has 0 aromatic heterocycles. The van der Waals surface area contributed by atoms with Gasteiger partial charge < -0.3 is 9.47 Å². The second-order valence-corrected chi connectivity index (χ2v) is 3.27. The third-order valence-electron chi connectivity index (χ3n) is 1.77. The Bertz CT molecular complexity index is 352. The van der Waals surface area contributed by atoms with Crippen molar-refractivity contribution in [3.05, 3.63) is 28.8 Å². The van der Waals surface area contributed by atoms with Gasteiger partial charge in [-0.3, -0.25) is 5.41 Å². The Hall–Kier alpha value is -1.22. The fourth-order valence-corrected chi connectivity index (χ4v) is 1.36. The number of benzene rings is 1. The van der Waals surface area contributed by atoms with Crippen LogP contribution in [0.4, 0.5) is 0 Å². The van der Waals surface area contributed by atoms with Gasteiger partial charge in [0.2, 0.25) is 5.90 Å². The molecule has 15 heavy (non-hydrogen) atoms. The maximum atomic E-state index is 7.68. The lowest BCUT2D eigenvalue weighted by molar-refractivity contribution is 0.315. The van der Waals surface area contributed by atoms with E-state index >= 15 is 0 Å². The summed E-state index contributed by atoms with van der Waals surface area (Å²) in [5.74, 6) is 0.712. The zero-order valence-electron chi connectivity index (χ0n) is 8.84. The molecule has 0 aliphatic carbocycles. The van der Waals surface area contributed by atoms with Gasteiger partial charge in [0.25, 0.3) is 0 Å². The first kappa shape index (κ1) is 11.9. The van der Waals surface area contributed by atoms with Crippen molar-refractivity contribution in [2.75, 3.05) is 13.2 Å². The van der Waals surface area contributed by atoms with Crippen LogP contribution < -0.4 is 4.74 Å². The summed E-state index contributed by atoms with van der Waals surface area (Å²) in [5.41, 5.74) is 0.589. The number of hydrogen-bond donors (Lipinski definition) is 1. The minimum Gasteiger partial charge on any atom is -0.493 e. The highest BCUT2D eigenvalue weighted by molar-refractivity contribution is 6.31. The molecular formula is C11H14ClNO2. The van der Waals surface area contributed by atoms with E-state index in [2.05, 4.69) is 0 Å². The molecule has 1 N–H and O–H groups in total. The first-order chi connectivity index (χ1) is 7.19. The lowest BCUT2D eigenvalue weighted by Gasteiger charge is -2.11. The van der Waals surface area contributed by atoms with Crippen molar-refractivity contribution in [3.63, 3.8) is 0 Å². The summed E-state index contributed by atoms with van der Waals surface area (Å²) < 4.78 is 10.5. The van der Waals surface area contributed by atoms with Crippen LogP contribution in [0, 0.1) is 5.41 Å². The standard InChI is InChI=1S/C11H14ClNO2/c1-3-14-10-6-5-8(12)7-9(10)11(13)15-4-2/h5-7,13H,3-4H2,1-2H3. The average molecular weight is 228 g/mol. The predicted molar refractivity (Wildman–Crippen MR) is 61.1 cm³/mol. The summed E-state index contributed by atoms with van der Waals surface area (Å²) in [5, 5.41) is 8.25. The van der Waals surface area contributed by atoms with Gasteiger partial charge in [-0.25, -0.2) is 0 Å². The first-order valence-electron chi connectivity index (χ1n) is 4.83. The molecule has 0 saturated heterocycles. The number of ether oxygens (including phenoxy) is 2. The number of nitrogens with one attached hydrogen (secondary N) is 1. The zero-order chi connectivity index (χ0) is 11.3. The molecule has 0 bridgehead atoms. The molecule has 0 spiro atoms. The van der Waals surface area contributed by atoms with Crippen LogP contribution in [-0.4, -0.2) is 19.1 Å². The monoisotopic (exact) mass is 227 g/mol. The summed E-state index contributed by atoms with van der Waals surface area (Å²) in [6.07, 6.45) is 0. The third-order valence-corrected chi connectivity index (χ3v) is 2.01. The van der Waals surface area contributed by atoms with Crippen LogP contribution in [0.15, 0.2) is 18.2 Å². The minimum absolute atomic E-state index is 0.0865. The van der Waals surface area contributed by atoms with Crippen molar-refractivity contribution < 1.29 is 9.47 Å². The van der Waals surface area contributed by atoms with Crippen LogP contribution in [0.25, 0.3) is 0 Å². The fourth-order valence-electron chi connectivity index (χ4n) is 1.18. The van der Waals surface area contributed by atoms with Crippen molar-refractivity contribution in [1.82, 2.24) is 0 Å². The topological polar surface area (TPSA) is 42.3 Å². The van der Waals surface area contributed by atoms with Crippen LogP contribution >= 0.6 is 11.6 Å². The molecule has 0 amide bonds. The van der Waals surface area contributed by atoms with Gasteiger partial charge in [0, 0.05) is 5.02 Å². The van der Waals surface area contributed by atoms with Gasteiger partial charge in [0.1, 0.15) is 5.75 Å². The molecular weight excluding hydrogens is 214 g/mol. The SMILES string of the molecule is CCOC(=N)c1cc(Cl)ccc1OCC. The second-order valence-electron chi connectivity index (χ2n) is 2.84. The van der Waals surface area contributed by atoms with Crippen LogP contribution in [0.3, 0.4) is 0 Å². The molecule has 0 fully saturated rings. The predicted octanol–water partition coefficient (Wildman–Crippen LogP) is 3.10. The maximum absolute atomic E-state index is 7.68. The van der Waals surface area contributed by atoms with E-state index in [0.717, 1.165) is 0 Å². The molecule has 0 radical (unpaired) electrons. The Morgan fingerprint density at radius 1 is 1.33 bits per heavy atom. The van der Waals surface area contributed by atoms with Crippen molar-refractivity contribution in [1.29, 1.82) is 5.41 Å². The summed E-state index contributed by atoms with van der Waals surface area (Å²) in [7, 11) is 0. The van der Waals surface area contributed by atoms with E-state index in [4.69, 9.17) is 26.5 Å². The summed E-state index contributed by atoms with van der Waals surface area (Å²) in [6.45, 7) is 4.73. The van der Waals surface area contributed by atoms with E-state index < -0.39 is 0 Å². The number of rotatable bonds is 4. The van der Waals surface area contributed by atoms with Crippen molar-refractivity contribution in [2.45, 2.75) is 13.8 Å². The Morgan fingerprint density at radius 3 is 2.67 bits per heavy atom. The molecule has 0 saturated carbocycles. The molecule has 0 unspecified atom stereocenters. The van der Waals surface area contributed by atoms with Gasteiger partial charge in [0.15, 0.2) is 0 Å². The maximum Gasteiger partial charge on any atom is 0.217 e. The van der Waals surface area contributed by atoms with E-state index in [1.807, 2.05) is 13.8 Å². The Morgan fingerprint density at radius 2 is 2.07 bits per heavy atom. The van der Waals surface area contributed by atoms with Gasteiger partial charge >= 0.3 is 0 Å². The largest absolute Gasteiger partial charge is 0.493 e. The fraction of sp³-hybridized carbons (Fsp3) is 0.364. The Labute approximate surface area is 94.5 Å². The highest BCUT2D eigenvalue weighted by atomic mass is 35.5. The van der Waals surface area contributed by atoms with Gasteiger partial charge in [-0.05, 0) is 32.0 Å². The third kappa shape index (κ3) is 3.13. The molecule has 82 valence electrons. The van der Waals surface area contributed by atoms with Crippen LogP contribution in [0.1, 0.15) is 19.4 Å². The minimum atomic E-state index is 0.0865. The normalized spacial score (nSPS) is 9.80. The highest BCUT2D eigenvalue weighted by Gasteiger charge is 2.10. The van der Waals surface area contributed by atoms with Crippen LogP contribution in [0.2, 0.25) is 5.02 Å². The summed E-state index contributed by atoms with van der Waals surface area (Å²) in [4.78, 5) is 0. The van der Waals surface area contributed by atoms with E-state index in [-0.39, 0.29) is 5.90 Å². The molecule has 0 atom stereocenters. The van der Waals surface area contributed by atoms with E-state index in [1.165, 1.54) is 0 Å². The molecule has 1 rings (SSSR count). The number of halogens is 1. The van der Waals surface area contributed by atoms with Crippen molar-refractivity contribution in [2.24, 2.45) is 0 Å². The zero-order valence-corrected chi connectivity index (χ0v) is 9.60. The summed E-state index contributed by atoms with van der Waals surface area (Å²) in [6, 6.07) is 5.15. The average Bonchev–Trinajstić information content (AvgIpc) is 2.21. The smallest absolute Gasteiger partial charge is 0.217 e. The highest BCUT2D eigenvalue weighted by Crippen LogP contribution is 2.23. The molecule has 0 aliphatic rings. The quantitative estimate of drug-likeness (QED) is 0.635. The van der Waals surface area contributed by atoms with Crippen molar-refractivity contribution >= 4 is 17.5 Å². The van der Waals surface area contributed by atoms with Crippen LogP contribution in [0.5, 0.6) is 5.75 Å². The van der Waals surface area contributed by atoms with E-state index in [0.29, 0.717) is 29.5 Å². The van der Waals surface area contributed by atoms with E-state index in [9.17, 15) is 0 Å². The second kappa shape index (κ2) is 5.61. The molecule has 0 aliphatic heterocycles. The molecule has 3 nitrogen and oxygen atoms in total. The number of hydrogen-bond acceptors (Lipinski definition) is 3. The molecule has 0 heterocycles. The van der Waals surface area contributed by atoms with Gasteiger partial charge in [0.05, 0.1) is 18.8 Å². The molecule has 4 heteroatoms. The van der Waals surface area contributed by atoms with Gasteiger partial charge in [-0.1, -0.05) is 11.6 Å². The summed E-state index contributed by atoms with van der Waals surface area (Å²) >= 11 is 5.85. The van der Waals surface area contributed by atoms with Gasteiger partial charge in [-0.15, -0.1) is 0 Å². The van der Waals surface area contributed by atoms with Crippen LogP contribution in [-0.2, 0) is 4.74 Å². The Balaban J connectivity index is 3.00. The Kier molecular flexibility index (Phi) is 4.43. The van der Waals surface area contributed by atoms with Gasteiger partial charge in [-0.2, -0.15) is 0 Å². The lowest BCUT2D eigenvalue weighted by Crippen LogP contribution is -2.07. The van der Waals surface area contributed by atoms with E-state index in [1.54, 1.807) is 18.2 Å². The van der Waals surface area contributed by atoms with Crippen molar-refractivity contribution in [3.8, 4) is 5.75 Å².